The van der Waals surface area contributed by atoms with Gasteiger partial charge in [0.25, 0.3) is 0 Å². The van der Waals surface area contributed by atoms with Gasteiger partial charge in [0.15, 0.2) is 5.88 Å². The Labute approximate surface area is 208 Å². The lowest BCUT2D eigenvalue weighted by Gasteiger charge is -2.13. The molecule has 6 nitrogen and oxygen atoms in total. The second-order valence-electron chi connectivity index (χ2n) is 8.61. The summed E-state index contributed by atoms with van der Waals surface area (Å²) in [7, 11) is 0. The molecule has 2 amide bonds. The second kappa shape index (κ2) is 13.6. The number of benzene rings is 2. The molecule has 0 bridgehead atoms. The predicted molar refractivity (Wildman–Crippen MR) is 133 cm³/mol. The van der Waals surface area contributed by atoms with Gasteiger partial charge in [0, 0.05) is 32.1 Å². The summed E-state index contributed by atoms with van der Waals surface area (Å²) in [6.07, 6.45) is -1.33. The van der Waals surface area contributed by atoms with Gasteiger partial charge < -0.3 is 25.5 Å². The van der Waals surface area contributed by atoms with Crippen LogP contribution in [0.2, 0.25) is 0 Å². The van der Waals surface area contributed by atoms with Gasteiger partial charge in [-0.2, -0.15) is 13.2 Å². The number of aryl methyl sites for hydroxylation is 1. The van der Waals surface area contributed by atoms with E-state index in [1.807, 2.05) is 42.5 Å². The Balaban J connectivity index is 1.21. The number of rotatable bonds is 13. The van der Waals surface area contributed by atoms with Crippen LogP contribution in [0.25, 0.3) is 0 Å². The van der Waals surface area contributed by atoms with Crippen LogP contribution in [0, 0.1) is 0 Å². The molecule has 1 heterocycles. The van der Waals surface area contributed by atoms with E-state index >= 15 is 0 Å². The van der Waals surface area contributed by atoms with Crippen molar-refractivity contribution in [2.45, 2.75) is 44.4 Å². The van der Waals surface area contributed by atoms with E-state index < -0.39 is 17.8 Å². The average molecular weight is 504 g/mol. The van der Waals surface area contributed by atoms with Gasteiger partial charge in [-0.25, -0.2) is 4.79 Å². The number of halogens is 3. The van der Waals surface area contributed by atoms with E-state index in [-0.39, 0.29) is 19.1 Å². The number of hydrogen-bond donors (Lipinski definition) is 4. The zero-order chi connectivity index (χ0) is 25.8. The first-order chi connectivity index (χ1) is 17.3. The van der Waals surface area contributed by atoms with Crippen molar-refractivity contribution in [1.82, 2.24) is 10.6 Å². The molecule has 9 heteroatoms. The van der Waals surface area contributed by atoms with Gasteiger partial charge in [0.2, 0.25) is 0 Å². The highest BCUT2D eigenvalue weighted by atomic mass is 19.4. The van der Waals surface area contributed by atoms with Crippen LogP contribution in [-0.4, -0.2) is 36.9 Å². The topological polar surface area (TPSA) is 86.5 Å². The number of aliphatic hydroxyl groups excluding tert-OH is 1. The first-order valence-electron chi connectivity index (χ1n) is 12.0. The number of amides is 2. The van der Waals surface area contributed by atoms with Crippen LogP contribution < -0.4 is 16.0 Å². The summed E-state index contributed by atoms with van der Waals surface area (Å²) in [5.74, 6) is 1.37. The monoisotopic (exact) mass is 503 g/mol. The third-order valence-corrected chi connectivity index (χ3v) is 5.60. The molecule has 3 rings (SSSR count). The maximum Gasteiger partial charge on any atom is 0.416 e. The van der Waals surface area contributed by atoms with E-state index in [0.29, 0.717) is 25.3 Å². The standard InChI is InChI=1S/C27H32F3N3O3/c28-27(29,30)22-12-10-20(11-13-22)7-5-2-6-16-31-26(35)33-19-23(34)18-32-25-15-14-24(36-25)17-21-8-3-1-4-9-21/h1,3-4,8-15,23,32,34H,2,5-7,16-19H2,(H2,31,33,35). The Morgan fingerprint density at radius 1 is 0.861 bits per heavy atom. The van der Waals surface area contributed by atoms with Crippen LogP contribution in [0.4, 0.5) is 23.8 Å². The molecule has 194 valence electrons. The van der Waals surface area contributed by atoms with E-state index in [0.717, 1.165) is 48.3 Å². The molecule has 1 unspecified atom stereocenters. The fraction of sp³-hybridized carbons (Fsp3) is 0.370. The molecule has 0 fully saturated rings. The SMILES string of the molecule is O=C(NCCCCCc1ccc(C(F)(F)F)cc1)NCC(O)CNc1ccc(Cc2ccccc2)o1. The fourth-order valence-corrected chi connectivity index (χ4v) is 3.62. The van der Waals surface area contributed by atoms with Crippen molar-refractivity contribution in [2.24, 2.45) is 0 Å². The highest BCUT2D eigenvalue weighted by Gasteiger charge is 2.29. The fourth-order valence-electron chi connectivity index (χ4n) is 3.62. The van der Waals surface area contributed by atoms with E-state index in [9.17, 15) is 23.1 Å². The number of aliphatic hydroxyl groups is 1. The third-order valence-electron chi connectivity index (χ3n) is 5.60. The molecular formula is C27H32F3N3O3. The van der Waals surface area contributed by atoms with Gasteiger partial charge >= 0.3 is 12.2 Å². The van der Waals surface area contributed by atoms with Crippen LogP contribution in [0.15, 0.2) is 71.1 Å². The molecule has 0 spiro atoms. The first-order valence-corrected chi connectivity index (χ1v) is 12.0. The Hall–Kier alpha value is -3.46. The lowest BCUT2D eigenvalue weighted by molar-refractivity contribution is -0.137. The lowest BCUT2D eigenvalue weighted by atomic mass is 10.1. The van der Waals surface area contributed by atoms with Gasteiger partial charge in [-0.1, -0.05) is 48.9 Å². The molecule has 3 aromatic rings. The smallest absolute Gasteiger partial charge is 0.416 e. The average Bonchev–Trinajstić information content (AvgIpc) is 3.31. The number of carbonyl (C=O) groups excluding carboxylic acids is 1. The van der Waals surface area contributed by atoms with Gasteiger partial charge in [-0.15, -0.1) is 0 Å². The Morgan fingerprint density at radius 2 is 1.61 bits per heavy atom. The zero-order valence-electron chi connectivity index (χ0n) is 20.0. The number of alkyl halides is 3. The third kappa shape index (κ3) is 9.65. The molecule has 0 radical (unpaired) electrons. The Morgan fingerprint density at radius 3 is 2.33 bits per heavy atom. The first kappa shape index (κ1) is 27.1. The number of unbranched alkanes of at least 4 members (excludes halogenated alkanes) is 2. The minimum Gasteiger partial charge on any atom is -0.445 e. The van der Waals surface area contributed by atoms with Crippen LogP contribution >= 0.6 is 0 Å². The van der Waals surface area contributed by atoms with Gasteiger partial charge in [-0.3, -0.25) is 0 Å². The number of carbonyl (C=O) groups is 1. The number of anilines is 1. The highest BCUT2D eigenvalue weighted by molar-refractivity contribution is 5.73. The summed E-state index contributed by atoms with van der Waals surface area (Å²) >= 11 is 0. The number of hydrogen-bond acceptors (Lipinski definition) is 4. The maximum atomic E-state index is 12.6. The van der Waals surface area contributed by atoms with Gasteiger partial charge in [-0.05, 0) is 48.6 Å². The van der Waals surface area contributed by atoms with Crippen molar-refractivity contribution < 1.29 is 27.5 Å². The van der Waals surface area contributed by atoms with E-state index in [2.05, 4.69) is 16.0 Å². The molecular weight excluding hydrogens is 471 g/mol. The quantitative estimate of drug-likeness (QED) is 0.236. The van der Waals surface area contributed by atoms with Crippen molar-refractivity contribution >= 4 is 11.9 Å². The summed E-state index contributed by atoms with van der Waals surface area (Å²) in [4.78, 5) is 11.9. The molecule has 0 saturated heterocycles. The van der Waals surface area contributed by atoms with Crippen molar-refractivity contribution in [3.63, 3.8) is 0 Å². The molecule has 1 atom stereocenters. The highest BCUT2D eigenvalue weighted by Crippen LogP contribution is 2.29. The zero-order valence-corrected chi connectivity index (χ0v) is 20.0. The minimum atomic E-state index is -4.32. The molecule has 1 aromatic heterocycles. The number of nitrogens with one attached hydrogen (secondary N) is 3. The molecule has 2 aromatic carbocycles. The number of furan rings is 1. The van der Waals surface area contributed by atoms with Crippen molar-refractivity contribution in [3.05, 3.63) is 89.2 Å². The van der Waals surface area contributed by atoms with Crippen LogP contribution in [0.5, 0.6) is 0 Å². The Bertz CT molecular complexity index is 1050. The van der Waals surface area contributed by atoms with E-state index in [4.69, 9.17) is 4.42 Å². The van der Waals surface area contributed by atoms with Crippen molar-refractivity contribution in [1.29, 1.82) is 0 Å². The van der Waals surface area contributed by atoms with Crippen molar-refractivity contribution in [3.8, 4) is 0 Å². The minimum absolute atomic E-state index is 0.0876. The van der Waals surface area contributed by atoms with E-state index in [1.54, 1.807) is 0 Å². The summed E-state index contributed by atoms with van der Waals surface area (Å²) in [6.45, 7) is 0.788. The summed E-state index contributed by atoms with van der Waals surface area (Å²) in [5.41, 5.74) is 1.36. The maximum absolute atomic E-state index is 12.6. The van der Waals surface area contributed by atoms with E-state index in [1.165, 1.54) is 12.1 Å². The molecule has 0 aliphatic carbocycles. The molecule has 4 N–H and O–H groups in total. The lowest BCUT2D eigenvalue weighted by Crippen LogP contribution is -2.41. The molecule has 0 saturated carbocycles. The number of urea groups is 1. The molecule has 0 aliphatic rings. The largest absolute Gasteiger partial charge is 0.445 e. The summed E-state index contributed by atoms with van der Waals surface area (Å²) in [5, 5.41) is 18.5. The normalized spacial score (nSPS) is 12.2. The Kier molecular flexibility index (Phi) is 10.2. The summed E-state index contributed by atoms with van der Waals surface area (Å²) in [6, 6.07) is 18.5. The van der Waals surface area contributed by atoms with Gasteiger partial charge in [0.05, 0.1) is 11.7 Å². The van der Waals surface area contributed by atoms with Crippen molar-refractivity contribution in [2.75, 3.05) is 25.0 Å². The van der Waals surface area contributed by atoms with Gasteiger partial charge in [0.1, 0.15) is 5.76 Å². The molecule has 0 aliphatic heterocycles. The van der Waals surface area contributed by atoms with Crippen LogP contribution in [-0.2, 0) is 19.0 Å². The molecule has 36 heavy (non-hydrogen) atoms. The van der Waals surface area contributed by atoms with Crippen LogP contribution in [0.1, 0.15) is 41.7 Å². The summed E-state index contributed by atoms with van der Waals surface area (Å²) < 4.78 is 43.5. The predicted octanol–water partition coefficient (Wildman–Crippen LogP) is 5.37. The second-order valence-corrected chi connectivity index (χ2v) is 8.61. The van der Waals surface area contributed by atoms with Crippen LogP contribution in [0.3, 0.4) is 0 Å².